The zero-order chi connectivity index (χ0) is 17.1. The first-order valence-electron chi connectivity index (χ1n) is 7.34. The van der Waals surface area contributed by atoms with Crippen LogP contribution < -0.4 is 15.4 Å². The maximum absolute atomic E-state index is 12.3. The van der Waals surface area contributed by atoms with E-state index in [9.17, 15) is 9.59 Å². The molecule has 8 heteroatoms. The fourth-order valence-electron chi connectivity index (χ4n) is 2.19. The van der Waals surface area contributed by atoms with E-state index >= 15 is 0 Å². The van der Waals surface area contributed by atoms with Gasteiger partial charge in [-0.2, -0.15) is 5.10 Å². The highest BCUT2D eigenvalue weighted by molar-refractivity contribution is 7.20. The summed E-state index contributed by atoms with van der Waals surface area (Å²) in [4.78, 5) is 25.4. The van der Waals surface area contributed by atoms with Gasteiger partial charge >= 0.3 is 0 Å². The van der Waals surface area contributed by atoms with Crippen molar-refractivity contribution in [1.29, 1.82) is 0 Å². The number of fused-ring (bicyclic) bond motifs is 1. The molecule has 3 rings (SSSR count). The first kappa shape index (κ1) is 16.0. The van der Waals surface area contributed by atoms with Crippen LogP contribution >= 0.6 is 11.3 Å². The van der Waals surface area contributed by atoms with Gasteiger partial charge in [0.25, 0.3) is 11.8 Å². The van der Waals surface area contributed by atoms with E-state index in [1.165, 1.54) is 11.3 Å². The molecule has 0 atom stereocenters. The van der Waals surface area contributed by atoms with Gasteiger partial charge in [-0.05, 0) is 37.3 Å². The van der Waals surface area contributed by atoms with Gasteiger partial charge in [-0.25, -0.2) is 0 Å². The number of H-pyrrole nitrogens is 1. The number of methoxy groups -OCH3 is 1. The molecule has 0 saturated heterocycles. The quantitative estimate of drug-likeness (QED) is 0.663. The number of carbonyl (C=O) groups is 2. The standard InChI is InChI=1S/C16H16N4O3S/c1-3-17-15(22)12-8-11-13(19-20-16(11)24-12)18-14(21)9-4-6-10(23-2)7-5-9/h4-8H,3H2,1-2H3,(H,17,22)(H2,18,19,20,21). The van der Waals surface area contributed by atoms with Crippen molar-refractivity contribution in [1.82, 2.24) is 15.5 Å². The van der Waals surface area contributed by atoms with Crippen LogP contribution in [0.5, 0.6) is 5.75 Å². The topological polar surface area (TPSA) is 96.1 Å². The van der Waals surface area contributed by atoms with E-state index < -0.39 is 0 Å². The van der Waals surface area contributed by atoms with Crippen LogP contribution in [0.25, 0.3) is 10.2 Å². The normalized spacial score (nSPS) is 10.6. The number of amides is 2. The second-order valence-corrected chi connectivity index (χ2v) is 6.00. The van der Waals surface area contributed by atoms with Crippen molar-refractivity contribution in [2.24, 2.45) is 0 Å². The maximum atomic E-state index is 12.3. The number of thiophene rings is 1. The molecule has 0 spiro atoms. The molecule has 2 heterocycles. The number of aromatic amines is 1. The van der Waals surface area contributed by atoms with E-state index in [0.717, 1.165) is 0 Å². The van der Waals surface area contributed by atoms with E-state index in [1.807, 2.05) is 6.92 Å². The van der Waals surface area contributed by atoms with Gasteiger partial charge in [0.15, 0.2) is 0 Å². The summed E-state index contributed by atoms with van der Waals surface area (Å²) in [5, 5.41) is 13.2. The molecule has 0 aliphatic carbocycles. The first-order chi connectivity index (χ1) is 11.6. The lowest BCUT2D eigenvalue weighted by molar-refractivity contribution is 0.0959. The van der Waals surface area contributed by atoms with Gasteiger partial charge in [-0.15, -0.1) is 11.3 Å². The van der Waals surface area contributed by atoms with Crippen molar-refractivity contribution in [2.45, 2.75) is 6.92 Å². The Hall–Kier alpha value is -2.87. The third-order valence-corrected chi connectivity index (χ3v) is 4.43. The van der Waals surface area contributed by atoms with E-state index in [0.29, 0.717) is 38.8 Å². The number of anilines is 1. The number of ether oxygens (including phenoxy) is 1. The molecule has 1 aromatic carbocycles. The Kier molecular flexibility index (Phi) is 4.48. The lowest BCUT2D eigenvalue weighted by Gasteiger charge is -2.04. The maximum Gasteiger partial charge on any atom is 0.261 e. The average Bonchev–Trinajstić information content (AvgIpc) is 3.17. The van der Waals surface area contributed by atoms with Crippen LogP contribution in [-0.4, -0.2) is 35.7 Å². The van der Waals surface area contributed by atoms with Crippen molar-refractivity contribution in [2.75, 3.05) is 19.0 Å². The summed E-state index contributed by atoms with van der Waals surface area (Å²) >= 11 is 1.27. The second kappa shape index (κ2) is 6.71. The Morgan fingerprint density at radius 2 is 2.00 bits per heavy atom. The summed E-state index contributed by atoms with van der Waals surface area (Å²) in [6.07, 6.45) is 0. The summed E-state index contributed by atoms with van der Waals surface area (Å²) in [5.74, 6) is 0.736. The largest absolute Gasteiger partial charge is 0.497 e. The van der Waals surface area contributed by atoms with Crippen molar-refractivity contribution in [3.63, 3.8) is 0 Å². The number of nitrogens with one attached hydrogen (secondary N) is 3. The Labute approximate surface area is 142 Å². The number of hydrogen-bond donors (Lipinski definition) is 3. The highest BCUT2D eigenvalue weighted by atomic mass is 32.1. The number of aromatic nitrogens is 2. The van der Waals surface area contributed by atoms with Gasteiger partial charge < -0.3 is 15.4 Å². The van der Waals surface area contributed by atoms with Gasteiger partial charge in [0, 0.05) is 12.1 Å². The number of benzene rings is 1. The van der Waals surface area contributed by atoms with Crippen LogP contribution in [0.1, 0.15) is 27.0 Å². The van der Waals surface area contributed by atoms with Crippen LogP contribution in [-0.2, 0) is 0 Å². The summed E-state index contributed by atoms with van der Waals surface area (Å²) in [5.41, 5.74) is 0.498. The van der Waals surface area contributed by atoms with Crippen molar-refractivity contribution < 1.29 is 14.3 Å². The Morgan fingerprint density at radius 3 is 2.67 bits per heavy atom. The molecule has 0 fully saturated rings. The predicted molar refractivity (Wildman–Crippen MR) is 92.9 cm³/mol. The first-order valence-corrected chi connectivity index (χ1v) is 8.15. The summed E-state index contributed by atoms with van der Waals surface area (Å²) in [7, 11) is 1.57. The van der Waals surface area contributed by atoms with Crippen LogP contribution in [0.3, 0.4) is 0 Å². The third-order valence-electron chi connectivity index (χ3n) is 3.40. The van der Waals surface area contributed by atoms with E-state index in [4.69, 9.17) is 4.74 Å². The summed E-state index contributed by atoms with van der Waals surface area (Å²) in [6, 6.07) is 8.51. The SMILES string of the molecule is CCNC(=O)c1cc2c(NC(=O)c3ccc(OC)cc3)[nH]nc2s1. The van der Waals surface area contributed by atoms with E-state index in [-0.39, 0.29) is 11.8 Å². The molecule has 0 saturated carbocycles. The third kappa shape index (κ3) is 3.09. The van der Waals surface area contributed by atoms with Gasteiger partial charge in [-0.3, -0.25) is 14.7 Å². The smallest absolute Gasteiger partial charge is 0.261 e. The molecule has 0 bridgehead atoms. The molecule has 3 N–H and O–H groups in total. The molecule has 0 unspecified atom stereocenters. The minimum absolute atomic E-state index is 0.145. The monoisotopic (exact) mass is 344 g/mol. The molecule has 2 amide bonds. The number of carbonyl (C=O) groups excluding carboxylic acids is 2. The zero-order valence-electron chi connectivity index (χ0n) is 13.2. The predicted octanol–water partition coefficient (Wildman–Crippen LogP) is 2.64. The summed E-state index contributed by atoms with van der Waals surface area (Å²) < 4.78 is 5.07. The molecule has 2 aromatic heterocycles. The molecular formula is C16H16N4O3S. The lowest BCUT2D eigenvalue weighted by Crippen LogP contribution is -2.21. The van der Waals surface area contributed by atoms with Gasteiger partial charge in [-0.1, -0.05) is 0 Å². The molecule has 0 aliphatic heterocycles. The molecule has 7 nitrogen and oxygen atoms in total. The minimum atomic E-state index is -0.269. The molecular weight excluding hydrogens is 328 g/mol. The highest BCUT2D eigenvalue weighted by Gasteiger charge is 2.16. The minimum Gasteiger partial charge on any atom is -0.497 e. The van der Waals surface area contributed by atoms with Gasteiger partial charge in [0.2, 0.25) is 0 Å². The Morgan fingerprint density at radius 1 is 1.25 bits per heavy atom. The molecule has 3 aromatic rings. The van der Waals surface area contributed by atoms with Crippen LogP contribution in [0.15, 0.2) is 30.3 Å². The van der Waals surface area contributed by atoms with Crippen molar-refractivity contribution >= 4 is 39.2 Å². The van der Waals surface area contributed by atoms with Gasteiger partial charge in [0.1, 0.15) is 16.4 Å². The molecule has 0 aliphatic rings. The second-order valence-electron chi connectivity index (χ2n) is 4.97. The van der Waals surface area contributed by atoms with Crippen LogP contribution in [0.2, 0.25) is 0 Å². The van der Waals surface area contributed by atoms with E-state index in [1.54, 1.807) is 37.4 Å². The number of hydrogen-bond acceptors (Lipinski definition) is 5. The van der Waals surface area contributed by atoms with Crippen LogP contribution in [0.4, 0.5) is 5.82 Å². The molecule has 24 heavy (non-hydrogen) atoms. The fourth-order valence-corrected chi connectivity index (χ4v) is 3.11. The van der Waals surface area contributed by atoms with Crippen molar-refractivity contribution in [3.05, 3.63) is 40.8 Å². The number of nitrogens with zero attached hydrogens (tertiary/aromatic N) is 1. The molecule has 0 radical (unpaired) electrons. The summed E-state index contributed by atoms with van der Waals surface area (Å²) in [6.45, 7) is 2.42. The number of rotatable bonds is 5. The fraction of sp³-hybridized carbons (Fsp3) is 0.188. The zero-order valence-corrected chi connectivity index (χ0v) is 14.0. The van der Waals surface area contributed by atoms with E-state index in [2.05, 4.69) is 20.8 Å². The highest BCUT2D eigenvalue weighted by Crippen LogP contribution is 2.29. The van der Waals surface area contributed by atoms with Gasteiger partial charge in [0.05, 0.1) is 17.4 Å². The van der Waals surface area contributed by atoms with Crippen molar-refractivity contribution in [3.8, 4) is 5.75 Å². The van der Waals surface area contributed by atoms with Crippen LogP contribution in [0, 0.1) is 0 Å². The Balaban J connectivity index is 1.81. The Bertz CT molecular complexity index is 883. The molecule has 124 valence electrons. The lowest BCUT2D eigenvalue weighted by atomic mass is 10.2. The average molecular weight is 344 g/mol.